The first kappa shape index (κ1) is 16.2. The van der Waals surface area contributed by atoms with Crippen LogP contribution in [0.15, 0.2) is 41.3 Å². The van der Waals surface area contributed by atoms with Crippen molar-refractivity contribution in [1.29, 1.82) is 0 Å². The minimum absolute atomic E-state index is 0.311. The van der Waals surface area contributed by atoms with E-state index in [9.17, 15) is 4.39 Å². The minimum Gasteiger partial charge on any atom is -0.361 e. The van der Waals surface area contributed by atoms with Gasteiger partial charge < -0.3 is 9.09 Å². The largest absolute Gasteiger partial charge is 0.361 e. The summed E-state index contributed by atoms with van der Waals surface area (Å²) < 4.78 is 22.2. The van der Waals surface area contributed by atoms with E-state index in [1.807, 2.05) is 36.9 Å². The second-order valence-corrected chi connectivity index (χ2v) is 6.99. The van der Waals surface area contributed by atoms with Gasteiger partial charge in [0.2, 0.25) is 0 Å². The third-order valence-corrected chi connectivity index (χ3v) is 4.94. The minimum atomic E-state index is -0.311. The van der Waals surface area contributed by atoms with Gasteiger partial charge >= 0.3 is 0 Å². The summed E-state index contributed by atoms with van der Waals surface area (Å²) >= 11 is 2.24. The molecule has 0 fully saturated rings. The highest BCUT2D eigenvalue weighted by atomic mass is 127. The van der Waals surface area contributed by atoms with Crippen molar-refractivity contribution in [3.05, 3.63) is 63.3 Å². The molecule has 5 nitrogen and oxygen atoms in total. The van der Waals surface area contributed by atoms with Gasteiger partial charge in [0.05, 0.1) is 27.0 Å². The van der Waals surface area contributed by atoms with Crippen molar-refractivity contribution in [3.63, 3.8) is 0 Å². The van der Waals surface area contributed by atoms with Crippen LogP contribution in [0, 0.1) is 23.2 Å². The van der Waals surface area contributed by atoms with E-state index in [0.717, 1.165) is 37.2 Å². The number of halogens is 2. The Kier molecular flexibility index (Phi) is 4.03. The van der Waals surface area contributed by atoms with Crippen LogP contribution in [0.1, 0.15) is 17.1 Å². The first-order valence-electron chi connectivity index (χ1n) is 7.71. The van der Waals surface area contributed by atoms with Crippen LogP contribution in [0.3, 0.4) is 0 Å². The standard InChI is InChI=1S/C18H14FIN4O/c1-10-17(11(2)25-23-10)12-6-16-18(22-7-12)14(20)8-24(16)9-15-13(19)4-3-5-21-15/h3-8H,9H2,1-2H3. The van der Waals surface area contributed by atoms with E-state index >= 15 is 0 Å². The van der Waals surface area contributed by atoms with E-state index in [-0.39, 0.29) is 5.82 Å². The van der Waals surface area contributed by atoms with Gasteiger partial charge in [0.1, 0.15) is 17.1 Å². The van der Waals surface area contributed by atoms with Gasteiger partial charge in [-0.3, -0.25) is 9.97 Å². The van der Waals surface area contributed by atoms with Crippen molar-refractivity contribution >= 4 is 33.6 Å². The van der Waals surface area contributed by atoms with Crippen molar-refractivity contribution in [1.82, 2.24) is 19.7 Å². The van der Waals surface area contributed by atoms with Crippen LogP contribution in [-0.4, -0.2) is 19.7 Å². The maximum absolute atomic E-state index is 14.0. The van der Waals surface area contributed by atoms with Crippen LogP contribution in [0.4, 0.5) is 4.39 Å². The molecule has 4 rings (SSSR count). The topological polar surface area (TPSA) is 56.7 Å². The Balaban J connectivity index is 1.86. The molecule has 0 saturated heterocycles. The fourth-order valence-corrected chi connectivity index (χ4v) is 3.73. The van der Waals surface area contributed by atoms with Crippen LogP contribution in [-0.2, 0) is 6.54 Å². The summed E-state index contributed by atoms with van der Waals surface area (Å²) in [6.45, 7) is 4.13. The molecule has 126 valence electrons. The Labute approximate surface area is 157 Å². The molecule has 4 aromatic rings. The van der Waals surface area contributed by atoms with Gasteiger partial charge in [-0.1, -0.05) is 5.16 Å². The van der Waals surface area contributed by atoms with E-state index in [0.29, 0.717) is 12.2 Å². The molecule has 4 heterocycles. The lowest BCUT2D eigenvalue weighted by Crippen LogP contribution is -2.03. The molecule has 0 saturated carbocycles. The third kappa shape index (κ3) is 2.82. The highest BCUT2D eigenvalue weighted by Crippen LogP contribution is 2.30. The molecule has 0 amide bonds. The molecule has 0 N–H and O–H groups in total. The van der Waals surface area contributed by atoms with Gasteiger partial charge in [-0.2, -0.15) is 0 Å². The lowest BCUT2D eigenvalue weighted by Gasteiger charge is -2.07. The Hall–Kier alpha value is -2.29. The maximum atomic E-state index is 14.0. The van der Waals surface area contributed by atoms with E-state index in [1.54, 1.807) is 12.3 Å². The van der Waals surface area contributed by atoms with E-state index < -0.39 is 0 Å². The first-order valence-corrected chi connectivity index (χ1v) is 8.79. The normalized spacial score (nSPS) is 11.4. The summed E-state index contributed by atoms with van der Waals surface area (Å²) in [4.78, 5) is 8.74. The summed E-state index contributed by atoms with van der Waals surface area (Å²) in [7, 11) is 0. The molecular formula is C18H14FIN4O. The molecule has 25 heavy (non-hydrogen) atoms. The number of hydrogen-bond donors (Lipinski definition) is 0. The fraction of sp³-hybridized carbons (Fsp3) is 0.167. The summed E-state index contributed by atoms with van der Waals surface area (Å²) in [6.07, 6.45) is 5.38. The van der Waals surface area contributed by atoms with Crippen LogP contribution < -0.4 is 0 Å². The molecule has 0 spiro atoms. The predicted octanol–water partition coefficient (Wildman–Crippen LogP) is 4.50. The monoisotopic (exact) mass is 448 g/mol. The van der Waals surface area contributed by atoms with Crippen molar-refractivity contribution in [2.75, 3.05) is 0 Å². The number of nitrogens with zero attached hydrogens (tertiary/aromatic N) is 4. The number of fused-ring (bicyclic) bond motifs is 1. The van der Waals surface area contributed by atoms with Gasteiger partial charge in [0.15, 0.2) is 0 Å². The summed E-state index contributed by atoms with van der Waals surface area (Å²) in [5, 5.41) is 4.01. The number of aromatic nitrogens is 4. The zero-order chi connectivity index (χ0) is 17.6. The summed E-state index contributed by atoms with van der Waals surface area (Å²) in [5.74, 6) is 0.441. The average molecular weight is 448 g/mol. The smallest absolute Gasteiger partial charge is 0.146 e. The Morgan fingerprint density at radius 1 is 1.28 bits per heavy atom. The first-order chi connectivity index (χ1) is 12.0. The summed E-state index contributed by atoms with van der Waals surface area (Å²) in [6, 6.07) is 5.05. The lowest BCUT2D eigenvalue weighted by atomic mass is 10.1. The number of pyridine rings is 2. The molecule has 0 radical (unpaired) electrons. The molecule has 0 atom stereocenters. The molecule has 0 aliphatic rings. The Bertz CT molecular complexity index is 1070. The number of rotatable bonds is 3. The van der Waals surface area contributed by atoms with Crippen molar-refractivity contribution in [2.24, 2.45) is 0 Å². The van der Waals surface area contributed by atoms with Crippen molar-refractivity contribution in [3.8, 4) is 11.1 Å². The lowest BCUT2D eigenvalue weighted by molar-refractivity contribution is 0.393. The molecule has 4 aromatic heterocycles. The van der Waals surface area contributed by atoms with Crippen molar-refractivity contribution < 1.29 is 8.91 Å². The predicted molar refractivity (Wildman–Crippen MR) is 101 cm³/mol. The van der Waals surface area contributed by atoms with Crippen LogP contribution >= 0.6 is 22.6 Å². The molecule has 0 bridgehead atoms. The highest BCUT2D eigenvalue weighted by Gasteiger charge is 2.16. The van der Waals surface area contributed by atoms with Crippen LogP contribution in [0.2, 0.25) is 0 Å². The van der Waals surface area contributed by atoms with Gasteiger partial charge in [-0.15, -0.1) is 0 Å². The Morgan fingerprint density at radius 3 is 2.84 bits per heavy atom. The third-order valence-electron chi connectivity index (χ3n) is 4.15. The second kappa shape index (κ2) is 6.21. The molecule has 0 aliphatic carbocycles. The maximum Gasteiger partial charge on any atom is 0.146 e. The molecule has 0 unspecified atom stereocenters. The van der Waals surface area contributed by atoms with Crippen molar-refractivity contribution in [2.45, 2.75) is 20.4 Å². The molecule has 0 aliphatic heterocycles. The zero-order valence-electron chi connectivity index (χ0n) is 13.6. The van der Waals surface area contributed by atoms with Crippen LogP contribution in [0.25, 0.3) is 22.2 Å². The van der Waals surface area contributed by atoms with Gasteiger partial charge in [0, 0.05) is 29.7 Å². The van der Waals surface area contributed by atoms with Gasteiger partial charge in [-0.25, -0.2) is 4.39 Å². The van der Waals surface area contributed by atoms with E-state index in [2.05, 4.69) is 37.7 Å². The SMILES string of the molecule is Cc1noc(C)c1-c1cnc2c(I)cn(Cc3ncccc3F)c2c1. The summed E-state index contributed by atoms with van der Waals surface area (Å²) in [5.41, 5.74) is 4.90. The zero-order valence-corrected chi connectivity index (χ0v) is 15.8. The fourth-order valence-electron chi connectivity index (χ4n) is 2.98. The quantitative estimate of drug-likeness (QED) is 0.434. The van der Waals surface area contributed by atoms with Gasteiger partial charge in [-0.05, 0) is 54.6 Å². The van der Waals surface area contributed by atoms with Gasteiger partial charge in [0.25, 0.3) is 0 Å². The van der Waals surface area contributed by atoms with Crippen LogP contribution in [0.5, 0.6) is 0 Å². The average Bonchev–Trinajstić information content (AvgIpc) is 3.09. The second-order valence-electron chi connectivity index (χ2n) is 5.83. The Morgan fingerprint density at radius 2 is 2.12 bits per heavy atom. The highest BCUT2D eigenvalue weighted by molar-refractivity contribution is 14.1. The molecular weight excluding hydrogens is 434 g/mol. The number of aryl methyl sites for hydroxylation is 2. The molecule has 0 aromatic carbocycles. The molecule has 7 heteroatoms. The van der Waals surface area contributed by atoms with E-state index in [4.69, 9.17) is 4.52 Å². The van der Waals surface area contributed by atoms with E-state index in [1.165, 1.54) is 6.07 Å². The number of hydrogen-bond acceptors (Lipinski definition) is 4.